The molecule has 24 heavy (non-hydrogen) atoms. The van der Waals surface area contributed by atoms with E-state index in [1.54, 1.807) is 0 Å². The number of hydrogen-bond donors (Lipinski definition) is 2. The van der Waals surface area contributed by atoms with E-state index in [0.717, 1.165) is 70.5 Å². The first-order valence-electron chi connectivity index (χ1n) is 9.17. The Morgan fingerprint density at radius 2 is 2.17 bits per heavy atom. The van der Waals surface area contributed by atoms with Gasteiger partial charge >= 0.3 is 0 Å². The maximum Gasteiger partial charge on any atom is 0.221 e. The van der Waals surface area contributed by atoms with Crippen LogP contribution in [0, 0.1) is 5.92 Å². The molecular weight excluding hydrogens is 302 g/mol. The number of nitrogens with one attached hydrogen (secondary N) is 2. The Hall–Kier alpha value is -1.66. The Morgan fingerprint density at radius 1 is 1.29 bits per heavy atom. The maximum absolute atomic E-state index is 12.0. The summed E-state index contributed by atoms with van der Waals surface area (Å²) in [6.45, 7) is 7.86. The van der Waals surface area contributed by atoms with Crippen LogP contribution < -0.4 is 15.5 Å². The largest absolute Gasteiger partial charge is 0.356 e. The fraction of sp³-hybridized carbons (Fsp3) is 0.667. The second-order valence-electron chi connectivity index (χ2n) is 6.76. The molecule has 132 valence electrons. The van der Waals surface area contributed by atoms with Crippen LogP contribution in [0.1, 0.15) is 19.3 Å². The van der Waals surface area contributed by atoms with Gasteiger partial charge in [-0.05, 0) is 44.0 Å². The first-order chi connectivity index (χ1) is 11.8. The van der Waals surface area contributed by atoms with Crippen molar-refractivity contribution in [2.75, 3.05) is 57.3 Å². The first-order valence-corrected chi connectivity index (χ1v) is 9.17. The smallest absolute Gasteiger partial charge is 0.221 e. The van der Waals surface area contributed by atoms with Crippen molar-refractivity contribution >= 4 is 11.7 Å². The fourth-order valence-electron chi connectivity index (χ4n) is 3.47. The highest BCUT2D eigenvalue weighted by atomic mass is 16.1. The van der Waals surface area contributed by atoms with E-state index in [2.05, 4.69) is 31.5 Å². The van der Waals surface area contributed by atoms with E-state index in [1.807, 2.05) is 18.3 Å². The molecule has 1 aromatic heterocycles. The summed E-state index contributed by atoms with van der Waals surface area (Å²) in [5, 5.41) is 6.44. The van der Waals surface area contributed by atoms with E-state index < -0.39 is 0 Å². The number of aromatic nitrogens is 1. The number of nitrogens with zero attached hydrogens (tertiary/aromatic N) is 3. The summed E-state index contributed by atoms with van der Waals surface area (Å²) in [7, 11) is 0. The molecular formula is C18H29N5O. The van der Waals surface area contributed by atoms with Crippen LogP contribution >= 0.6 is 0 Å². The average Bonchev–Trinajstić information content (AvgIpc) is 3.15. The van der Waals surface area contributed by atoms with Crippen LogP contribution in [-0.2, 0) is 4.79 Å². The second kappa shape index (κ2) is 8.99. The summed E-state index contributed by atoms with van der Waals surface area (Å²) >= 11 is 0. The van der Waals surface area contributed by atoms with Gasteiger partial charge in [0.05, 0.1) is 0 Å². The van der Waals surface area contributed by atoms with E-state index in [1.165, 1.54) is 6.42 Å². The third-order valence-corrected chi connectivity index (χ3v) is 5.04. The van der Waals surface area contributed by atoms with E-state index in [0.29, 0.717) is 6.42 Å². The van der Waals surface area contributed by atoms with Crippen LogP contribution in [0.4, 0.5) is 5.82 Å². The number of hydrogen-bond acceptors (Lipinski definition) is 5. The van der Waals surface area contributed by atoms with Crippen molar-refractivity contribution < 1.29 is 4.79 Å². The topological polar surface area (TPSA) is 60.5 Å². The quantitative estimate of drug-likeness (QED) is 0.771. The van der Waals surface area contributed by atoms with Gasteiger partial charge in [-0.3, -0.25) is 9.69 Å². The lowest BCUT2D eigenvalue weighted by atomic mass is 10.1. The van der Waals surface area contributed by atoms with Gasteiger partial charge in [-0.1, -0.05) is 6.07 Å². The summed E-state index contributed by atoms with van der Waals surface area (Å²) in [5.74, 6) is 1.98. The molecule has 1 unspecified atom stereocenters. The Kier molecular flexibility index (Phi) is 6.43. The molecule has 2 fully saturated rings. The molecule has 2 N–H and O–H groups in total. The highest BCUT2D eigenvalue weighted by Crippen LogP contribution is 2.13. The highest BCUT2D eigenvalue weighted by molar-refractivity contribution is 5.76. The Bertz CT molecular complexity index is 495. The molecule has 1 aromatic rings. The molecule has 2 saturated heterocycles. The molecule has 0 aromatic carbocycles. The van der Waals surface area contributed by atoms with Gasteiger partial charge in [0.1, 0.15) is 5.82 Å². The van der Waals surface area contributed by atoms with E-state index in [-0.39, 0.29) is 5.91 Å². The molecule has 0 radical (unpaired) electrons. The van der Waals surface area contributed by atoms with Crippen LogP contribution in [0.5, 0.6) is 0 Å². The third kappa shape index (κ3) is 5.18. The van der Waals surface area contributed by atoms with Crippen molar-refractivity contribution in [3.63, 3.8) is 0 Å². The first kappa shape index (κ1) is 17.2. The lowest BCUT2D eigenvalue weighted by Crippen LogP contribution is -2.47. The van der Waals surface area contributed by atoms with Gasteiger partial charge < -0.3 is 15.5 Å². The van der Waals surface area contributed by atoms with Crippen molar-refractivity contribution in [2.45, 2.75) is 19.3 Å². The van der Waals surface area contributed by atoms with Gasteiger partial charge in [0, 0.05) is 51.9 Å². The minimum Gasteiger partial charge on any atom is -0.356 e. The molecule has 0 spiro atoms. The molecule has 6 heteroatoms. The molecule has 2 aliphatic heterocycles. The standard InChI is InChI=1S/C18H29N5O/c24-18(21-9-5-16-4-8-19-15-16)6-10-22-11-13-23(14-12-22)17-3-1-2-7-20-17/h1-3,7,16,19H,4-6,8-15H2,(H,21,24). The monoisotopic (exact) mass is 331 g/mol. The predicted octanol–water partition coefficient (Wildman–Crippen LogP) is 0.710. The Morgan fingerprint density at radius 3 is 2.88 bits per heavy atom. The zero-order chi connectivity index (χ0) is 16.6. The average molecular weight is 331 g/mol. The molecule has 1 atom stereocenters. The van der Waals surface area contributed by atoms with Gasteiger partial charge in [-0.2, -0.15) is 0 Å². The Labute approximate surface area is 144 Å². The molecule has 0 saturated carbocycles. The van der Waals surface area contributed by atoms with Crippen molar-refractivity contribution in [3.8, 4) is 0 Å². The number of carbonyl (C=O) groups is 1. The molecule has 1 amide bonds. The van der Waals surface area contributed by atoms with Crippen LogP contribution in [0.15, 0.2) is 24.4 Å². The zero-order valence-electron chi connectivity index (χ0n) is 14.4. The summed E-state index contributed by atoms with van der Waals surface area (Å²) in [4.78, 5) is 21.1. The number of pyridine rings is 1. The lowest BCUT2D eigenvalue weighted by Gasteiger charge is -2.35. The third-order valence-electron chi connectivity index (χ3n) is 5.04. The number of piperazine rings is 1. The minimum absolute atomic E-state index is 0.188. The molecule has 2 aliphatic rings. The van der Waals surface area contributed by atoms with Gasteiger partial charge in [0.2, 0.25) is 5.91 Å². The number of rotatable bonds is 7. The van der Waals surface area contributed by atoms with E-state index >= 15 is 0 Å². The summed E-state index contributed by atoms with van der Waals surface area (Å²) < 4.78 is 0. The Balaban J connectivity index is 1.28. The van der Waals surface area contributed by atoms with Crippen LogP contribution in [0.3, 0.4) is 0 Å². The zero-order valence-corrected chi connectivity index (χ0v) is 14.4. The normalized spacial score (nSPS) is 21.8. The summed E-state index contributed by atoms with van der Waals surface area (Å²) in [6, 6.07) is 6.03. The molecule has 0 aliphatic carbocycles. The second-order valence-corrected chi connectivity index (χ2v) is 6.76. The van der Waals surface area contributed by atoms with E-state index in [9.17, 15) is 4.79 Å². The van der Waals surface area contributed by atoms with E-state index in [4.69, 9.17) is 0 Å². The maximum atomic E-state index is 12.0. The van der Waals surface area contributed by atoms with Crippen LogP contribution in [-0.4, -0.2) is 68.1 Å². The molecule has 6 nitrogen and oxygen atoms in total. The van der Waals surface area contributed by atoms with Crippen molar-refractivity contribution in [1.82, 2.24) is 20.5 Å². The SMILES string of the molecule is O=C(CCN1CCN(c2ccccn2)CC1)NCCC1CCNC1. The summed E-state index contributed by atoms with van der Waals surface area (Å²) in [5.41, 5.74) is 0. The molecule has 3 rings (SSSR count). The lowest BCUT2D eigenvalue weighted by molar-refractivity contribution is -0.121. The number of amides is 1. The van der Waals surface area contributed by atoms with Gasteiger partial charge in [-0.25, -0.2) is 4.98 Å². The van der Waals surface area contributed by atoms with Crippen molar-refractivity contribution in [3.05, 3.63) is 24.4 Å². The molecule has 3 heterocycles. The number of carbonyl (C=O) groups excluding carboxylic acids is 1. The van der Waals surface area contributed by atoms with Gasteiger partial charge in [-0.15, -0.1) is 0 Å². The highest BCUT2D eigenvalue weighted by Gasteiger charge is 2.18. The van der Waals surface area contributed by atoms with Gasteiger partial charge in [0.15, 0.2) is 0 Å². The van der Waals surface area contributed by atoms with Gasteiger partial charge in [0.25, 0.3) is 0 Å². The summed E-state index contributed by atoms with van der Waals surface area (Å²) in [6.07, 6.45) is 4.79. The molecule has 0 bridgehead atoms. The van der Waals surface area contributed by atoms with Crippen LogP contribution in [0.25, 0.3) is 0 Å². The predicted molar refractivity (Wildman–Crippen MR) is 96.1 cm³/mol. The number of anilines is 1. The van der Waals surface area contributed by atoms with Crippen molar-refractivity contribution in [2.24, 2.45) is 5.92 Å². The van der Waals surface area contributed by atoms with Crippen LogP contribution in [0.2, 0.25) is 0 Å². The minimum atomic E-state index is 0.188. The fourth-order valence-corrected chi connectivity index (χ4v) is 3.47. The van der Waals surface area contributed by atoms with Crippen molar-refractivity contribution in [1.29, 1.82) is 0 Å².